The third kappa shape index (κ3) is 4.29. The van der Waals surface area contributed by atoms with E-state index in [9.17, 15) is 9.18 Å². The molecule has 0 bridgehead atoms. The van der Waals surface area contributed by atoms with Crippen LogP contribution in [0.1, 0.15) is 5.56 Å². The molecule has 0 saturated carbocycles. The lowest BCUT2D eigenvalue weighted by Crippen LogP contribution is -2.49. The van der Waals surface area contributed by atoms with Crippen LogP contribution in [0.4, 0.5) is 15.9 Å². The average Bonchev–Trinajstić information content (AvgIpc) is 2.58. The first-order valence-corrected chi connectivity index (χ1v) is 8.06. The minimum atomic E-state index is -0.465. The van der Waals surface area contributed by atoms with Gasteiger partial charge < -0.3 is 10.2 Å². The molecule has 0 atom stereocenters. The van der Waals surface area contributed by atoms with Gasteiger partial charge in [0.15, 0.2) is 0 Å². The number of piperazine rings is 1. The number of nitrogens with zero attached hydrogens (tertiary/aromatic N) is 3. The van der Waals surface area contributed by atoms with Gasteiger partial charge in [-0.25, -0.2) is 4.98 Å². The zero-order chi connectivity index (χ0) is 16.9. The molecular formula is C18H21FN4O. The van der Waals surface area contributed by atoms with Crippen molar-refractivity contribution in [2.24, 2.45) is 0 Å². The van der Waals surface area contributed by atoms with Gasteiger partial charge in [0, 0.05) is 31.9 Å². The second kappa shape index (κ2) is 7.40. The molecule has 24 heavy (non-hydrogen) atoms. The second-order valence-corrected chi connectivity index (χ2v) is 6.00. The lowest BCUT2D eigenvalue weighted by molar-refractivity contribution is -0.117. The summed E-state index contributed by atoms with van der Waals surface area (Å²) in [6, 6.07) is 12.6. The number of rotatable bonds is 4. The van der Waals surface area contributed by atoms with Crippen molar-refractivity contribution >= 4 is 17.4 Å². The monoisotopic (exact) mass is 328 g/mol. The molecule has 3 rings (SSSR count). The second-order valence-electron chi connectivity index (χ2n) is 6.00. The number of aromatic nitrogens is 1. The maximum absolute atomic E-state index is 13.2. The van der Waals surface area contributed by atoms with Crippen molar-refractivity contribution in [1.82, 2.24) is 9.88 Å². The first kappa shape index (κ1) is 16.4. The van der Waals surface area contributed by atoms with E-state index in [-0.39, 0.29) is 5.91 Å². The van der Waals surface area contributed by atoms with Crippen LogP contribution in [0.25, 0.3) is 0 Å². The predicted octanol–water partition coefficient (Wildman–Crippen LogP) is 2.29. The summed E-state index contributed by atoms with van der Waals surface area (Å²) in [6.45, 7) is 5.33. The number of halogens is 1. The van der Waals surface area contributed by atoms with Crippen LogP contribution in [-0.4, -0.2) is 48.5 Å². The molecule has 6 heteroatoms. The number of carbonyl (C=O) groups is 1. The number of pyridine rings is 1. The van der Waals surface area contributed by atoms with Crippen molar-refractivity contribution in [3.8, 4) is 0 Å². The molecule has 1 aliphatic rings. The SMILES string of the molecule is Cc1ccc(NC(=O)CN2CCN(c3cccc(F)n3)CC2)cc1. The Balaban J connectivity index is 1.48. The van der Waals surface area contributed by atoms with Gasteiger partial charge in [-0.05, 0) is 31.2 Å². The topological polar surface area (TPSA) is 48.5 Å². The molecule has 1 aliphatic heterocycles. The van der Waals surface area contributed by atoms with E-state index >= 15 is 0 Å². The fourth-order valence-corrected chi connectivity index (χ4v) is 2.75. The van der Waals surface area contributed by atoms with E-state index in [4.69, 9.17) is 0 Å². The van der Waals surface area contributed by atoms with Gasteiger partial charge in [0.25, 0.3) is 0 Å². The van der Waals surface area contributed by atoms with Crippen molar-refractivity contribution < 1.29 is 9.18 Å². The van der Waals surface area contributed by atoms with Crippen molar-refractivity contribution in [3.63, 3.8) is 0 Å². The molecule has 1 amide bonds. The van der Waals surface area contributed by atoms with E-state index in [1.807, 2.05) is 42.2 Å². The molecule has 1 fully saturated rings. The molecule has 0 radical (unpaired) electrons. The smallest absolute Gasteiger partial charge is 0.238 e. The number of carbonyl (C=O) groups excluding carboxylic acids is 1. The van der Waals surface area contributed by atoms with Crippen molar-refractivity contribution in [2.75, 3.05) is 42.9 Å². The number of amides is 1. The summed E-state index contributed by atoms with van der Waals surface area (Å²) in [5.41, 5.74) is 1.98. The molecule has 5 nitrogen and oxygen atoms in total. The first-order chi connectivity index (χ1) is 11.6. The molecule has 1 N–H and O–H groups in total. The number of benzene rings is 1. The van der Waals surface area contributed by atoms with E-state index in [1.165, 1.54) is 6.07 Å². The summed E-state index contributed by atoms with van der Waals surface area (Å²) < 4.78 is 13.2. The van der Waals surface area contributed by atoms with Crippen molar-refractivity contribution in [2.45, 2.75) is 6.92 Å². The number of hydrogen-bond acceptors (Lipinski definition) is 4. The highest BCUT2D eigenvalue weighted by Crippen LogP contribution is 2.14. The summed E-state index contributed by atoms with van der Waals surface area (Å²) in [5, 5.41) is 2.91. The van der Waals surface area contributed by atoms with E-state index in [0.29, 0.717) is 12.4 Å². The van der Waals surface area contributed by atoms with Gasteiger partial charge >= 0.3 is 0 Å². The summed E-state index contributed by atoms with van der Waals surface area (Å²) in [7, 11) is 0. The van der Waals surface area contributed by atoms with Crippen LogP contribution >= 0.6 is 0 Å². The zero-order valence-electron chi connectivity index (χ0n) is 13.7. The summed E-state index contributed by atoms with van der Waals surface area (Å²) in [6.07, 6.45) is 0. The third-order valence-electron chi connectivity index (χ3n) is 4.10. The predicted molar refractivity (Wildman–Crippen MR) is 92.7 cm³/mol. The Morgan fingerprint density at radius 2 is 1.83 bits per heavy atom. The summed E-state index contributed by atoms with van der Waals surface area (Å²) in [5.74, 6) is 0.169. The number of nitrogens with one attached hydrogen (secondary N) is 1. The van der Waals surface area contributed by atoms with E-state index in [0.717, 1.165) is 37.4 Å². The van der Waals surface area contributed by atoms with Gasteiger partial charge in [0.2, 0.25) is 11.9 Å². The molecule has 0 spiro atoms. The van der Waals surface area contributed by atoms with Crippen LogP contribution in [0.5, 0.6) is 0 Å². The minimum Gasteiger partial charge on any atom is -0.354 e. The van der Waals surface area contributed by atoms with Gasteiger partial charge in [-0.15, -0.1) is 0 Å². The Morgan fingerprint density at radius 1 is 1.12 bits per heavy atom. The summed E-state index contributed by atoms with van der Waals surface area (Å²) >= 11 is 0. The average molecular weight is 328 g/mol. The lowest BCUT2D eigenvalue weighted by Gasteiger charge is -2.34. The van der Waals surface area contributed by atoms with Gasteiger partial charge in [-0.1, -0.05) is 23.8 Å². The van der Waals surface area contributed by atoms with Crippen LogP contribution in [-0.2, 0) is 4.79 Å². The quantitative estimate of drug-likeness (QED) is 0.875. The minimum absolute atomic E-state index is 0.0174. The van der Waals surface area contributed by atoms with Gasteiger partial charge in [-0.3, -0.25) is 9.69 Å². The highest BCUT2D eigenvalue weighted by Gasteiger charge is 2.20. The number of aryl methyl sites for hydroxylation is 1. The lowest BCUT2D eigenvalue weighted by atomic mass is 10.2. The van der Waals surface area contributed by atoms with Crippen LogP contribution in [0.15, 0.2) is 42.5 Å². The van der Waals surface area contributed by atoms with Crippen LogP contribution in [0, 0.1) is 12.9 Å². The van der Waals surface area contributed by atoms with E-state index < -0.39 is 5.95 Å². The first-order valence-electron chi connectivity index (χ1n) is 8.06. The Labute approximate surface area is 141 Å². The van der Waals surface area contributed by atoms with Crippen molar-refractivity contribution in [3.05, 3.63) is 54.0 Å². The van der Waals surface area contributed by atoms with E-state index in [1.54, 1.807) is 6.07 Å². The molecule has 126 valence electrons. The Hall–Kier alpha value is -2.47. The van der Waals surface area contributed by atoms with Gasteiger partial charge in [0.05, 0.1) is 6.54 Å². The maximum Gasteiger partial charge on any atom is 0.238 e. The third-order valence-corrected chi connectivity index (χ3v) is 4.10. The normalized spacial score (nSPS) is 15.3. The molecule has 0 unspecified atom stereocenters. The van der Waals surface area contributed by atoms with Crippen LogP contribution in [0.2, 0.25) is 0 Å². The highest BCUT2D eigenvalue weighted by molar-refractivity contribution is 5.92. The number of anilines is 2. The Morgan fingerprint density at radius 3 is 2.50 bits per heavy atom. The molecule has 2 heterocycles. The highest BCUT2D eigenvalue weighted by atomic mass is 19.1. The number of hydrogen-bond donors (Lipinski definition) is 1. The Kier molecular flexibility index (Phi) is 5.05. The standard InChI is InChI=1S/C18H21FN4O/c1-14-5-7-15(8-6-14)20-18(24)13-22-9-11-23(12-10-22)17-4-2-3-16(19)21-17/h2-8H,9-13H2,1H3,(H,20,24). The molecule has 0 aliphatic carbocycles. The fourth-order valence-electron chi connectivity index (χ4n) is 2.75. The van der Waals surface area contributed by atoms with Crippen molar-refractivity contribution in [1.29, 1.82) is 0 Å². The van der Waals surface area contributed by atoms with E-state index in [2.05, 4.69) is 15.2 Å². The summed E-state index contributed by atoms with van der Waals surface area (Å²) in [4.78, 5) is 20.2. The van der Waals surface area contributed by atoms with Crippen LogP contribution < -0.4 is 10.2 Å². The van der Waals surface area contributed by atoms with Crippen LogP contribution in [0.3, 0.4) is 0 Å². The largest absolute Gasteiger partial charge is 0.354 e. The molecule has 1 saturated heterocycles. The van der Waals surface area contributed by atoms with Gasteiger partial charge in [-0.2, -0.15) is 4.39 Å². The zero-order valence-corrected chi connectivity index (χ0v) is 13.7. The molecule has 2 aromatic rings. The molecule has 1 aromatic carbocycles. The fraction of sp³-hybridized carbons (Fsp3) is 0.333. The maximum atomic E-state index is 13.2. The molecule has 1 aromatic heterocycles. The Bertz CT molecular complexity index is 696. The molecular weight excluding hydrogens is 307 g/mol. The van der Waals surface area contributed by atoms with Gasteiger partial charge in [0.1, 0.15) is 5.82 Å².